The highest BCUT2D eigenvalue weighted by Gasteiger charge is 2.33. The van der Waals surface area contributed by atoms with Crippen molar-refractivity contribution in [2.24, 2.45) is 5.92 Å². The van der Waals surface area contributed by atoms with E-state index in [9.17, 15) is 14.7 Å². The number of para-hydroxylation sites is 1. The van der Waals surface area contributed by atoms with Gasteiger partial charge in [-0.15, -0.1) is 0 Å². The fourth-order valence-corrected chi connectivity index (χ4v) is 6.02. The first-order chi connectivity index (χ1) is 18.1. The molecule has 1 aromatic heterocycles. The van der Waals surface area contributed by atoms with Crippen molar-refractivity contribution in [3.8, 4) is 0 Å². The van der Waals surface area contributed by atoms with Crippen molar-refractivity contribution in [1.29, 1.82) is 0 Å². The minimum atomic E-state index is -0.958. The zero-order valence-electron chi connectivity index (χ0n) is 21.6. The number of benzene rings is 1. The van der Waals surface area contributed by atoms with Gasteiger partial charge in [0, 0.05) is 37.6 Å². The maximum Gasteiger partial charge on any atom is 0.326 e. The summed E-state index contributed by atoms with van der Waals surface area (Å²) in [4.78, 5) is 34.3. The molecule has 8 heteroatoms. The number of carboxylic acids is 1. The smallest absolute Gasteiger partial charge is 0.326 e. The number of hydrogen-bond acceptors (Lipinski definition) is 6. The number of anilines is 2. The van der Waals surface area contributed by atoms with E-state index < -0.39 is 12.0 Å². The molecule has 0 radical (unpaired) electrons. The lowest BCUT2D eigenvalue weighted by atomic mass is 10.00. The summed E-state index contributed by atoms with van der Waals surface area (Å²) in [6.07, 6.45) is 7.57. The lowest BCUT2D eigenvalue weighted by molar-refractivity contribution is -0.142. The third-order valence-corrected chi connectivity index (χ3v) is 8.12. The molecule has 0 saturated carbocycles. The third kappa shape index (κ3) is 6.42. The van der Waals surface area contributed by atoms with Crippen molar-refractivity contribution in [3.05, 3.63) is 53.7 Å². The Bertz CT molecular complexity index is 1080. The zero-order chi connectivity index (χ0) is 25.6. The first kappa shape index (κ1) is 25.5. The van der Waals surface area contributed by atoms with Gasteiger partial charge in [-0.2, -0.15) is 0 Å². The van der Waals surface area contributed by atoms with Crippen LogP contribution in [0.3, 0.4) is 0 Å². The summed E-state index contributed by atoms with van der Waals surface area (Å²) in [5.74, 6) is 0.519. The lowest BCUT2D eigenvalue weighted by Gasteiger charge is -2.27. The van der Waals surface area contributed by atoms with Crippen LogP contribution < -0.4 is 15.5 Å². The molecule has 3 N–H and O–H groups in total. The number of aliphatic carboxylic acids is 1. The summed E-state index contributed by atoms with van der Waals surface area (Å²) in [5, 5.41) is 16.1. The van der Waals surface area contributed by atoms with Gasteiger partial charge in [0.2, 0.25) is 5.91 Å². The molecule has 1 amide bonds. The van der Waals surface area contributed by atoms with Crippen molar-refractivity contribution < 1.29 is 14.7 Å². The summed E-state index contributed by atoms with van der Waals surface area (Å²) in [5.41, 5.74) is 3.48. The number of carbonyl (C=O) groups excluding carboxylic acids is 1. The number of likely N-dealkylation sites (tertiary alicyclic amines) is 1. The van der Waals surface area contributed by atoms with Crippen LogP contribution in [0.4, 0.5) is 11.5 Å². The maximum atomic E-state index is 13.1. The molecule has 4 heterocycles. The van der Waals surface area contributed by atoms with Crippen molar-refractivity contribution in [2.45, 2.75) is 63.5 Å². The summed E-state index contributed by atoms with van der Waals surface area (Å²) in [6.45, 7) is 4.46. The van der Waals surface area contributed by atoms with Crippen LogP contribution in [0, 0.1) is 5.92 Å². The number of aromatic nitrogens is 1. The highest BCUT2D eigenvalue weighted by Crippen LogP contribution is 2.26. The quantitative estimate of drug-likeness (QED) is 0.456. The number of rotatable bonds is 10. The minimum absolute atomic E-state index is 0.180. The Morgan fingerprint density at radius 3 is 2.81 bits per heavy atom. The molecule has 1 aromatic carbocycles. The Labute approximate surface area is 219 Å². The van der Waals surface area contributed by atoms with Crippen molar-refractivity contribution >= 4 is 23.4 Å². The van der Waals surface area contributed by atoms with Crippen LogP contribution in [0.5, 0.6) is 0 Å². The molecule has 0 bridgehead atoms. The molecule has 3 aliphatic heterocycles. The van der Waals surface area contributed by atoms with Gasteiger partial charge in [-0.1, -0.05) is 24.3 Å². The fraction of sp³-hybridized carbons (Fsp3) is 0.552. The largest absolute Gasteiger partial charge is 0.480 e. The monoisotopic (exact) mass is 505 g/mol. The van der Waals surface area contributed by atoms with E-state index in [1.807, 2.05) is 30.3 Å². The van der Waals surface area contributed by atoms with Gasteiger partial charge in [-0.05, 0) is 87.6 Å². The Morgan fingerprint density at radius 2 is 1.97 bits per heavy atom. The molecule has 2 saturated heterocycles. The minimum Gasteiger partial charge on any atom is -0.480 e. The summed E-state index contributed by atoms with van der Waals surface area (Å²) >= 11 is 0. The number of pyridine rings is 1. The third-order valence-electron chi connectivity index (χ3n) is 8.12. The van der Waals surface area contributed by atoms with Crippen LogP contribution in [0.1, 0.15) is 49.8 Å². The average molecular weight is 506 g/mol. The molecule has 0 unspecified atom stereocenters. The number of carboxylic acid groups (broad SMARTS) is 1. The Hall–Kier alpha value is -3.13. The molecule has 198 valence electrons. The van der Waals surface area contributed by atoms with E-state index in [2.05, 4.69) is 32.6 Å². The Balaban J connectivity index is 1.08. The van der Waals surface area contributed by atoms with E-state index in [1.54, 1.807) is 0 Å². The fourth-order valence-electron chi connectivity index (χ4n) is 6.02. The molecule has 5 rings (SSSR count). The Morgan fingerprint density at radius 1 is 1.11 bits per heavy atom. The number of amides is 1. The second-order valence-electron chi connectivity index (χ2n) is 10.7. The molecular weight excluding hydrogens is 466 g/mol. The number of carbonyl (C=O) groups is 2. The number of fused-ring (bicyclic) bond motifs is 1. The average Bonchev–Trinajstić information content (AvgIpc) is 3.60. The van der Waals surface area contributed by atoms with Crippen LogP contribution in [0.2, 0.25) is 0 Å². The molecular formula is C29H39N5O3. The zero-order valence-corrected chi connectivity index (χ0v) is 21.6. The molecule has 0 spiro atoms. The van der Waals surface area contributed by atoms with Crippen LogP contribution in [0.25, 0.3) is 0 Å². The molecule has 37 heavy (non-hydrogen) atoms. The second-order valence-corrected chi connectivity index (χ2v) is 10.7. The van der Waals surface area contributed by atoms with Crippen molar-refractivity contribution in [3.63, 3.8) is 0 Å². The van der Waals surface area contributed by atoms with E-state index in [1.165, 1.54) is 12.0 Å². The number of aryl methyl sites for hydroxylation is 2. The molecule has 2 aromatic rings. The van der Waals surface area contributed by atoms with Gasteiger partial charge in [0.05, 0.1) is 0 Å². The van der Waals surface area contributed by atoms with E-state index in [4.69, 9.17) is 4.98 Å². The van der Waals surface area contributed by atoms with E-state index in [0.717, 1.165) is 81.9 Å². The predicted molar refractivity (Wildman–Crippen MR) is 145 cm³/mol. The van der Waals surface area contributed by atoms with E-state index in [-0.39, 0.29) is 11.9 Å². The second kappa shape index (κ2) is 11.9. The van der Waals surface area contributed by atoms with Crippen LogP contribution >= 0.6 is 0 Å². The topological polar surface area (TPSA) is 97.8 Å². The normalized spacial score (nSPS) is 22.3. The van der Waals surface area contributed by atoms with Crippen LogP contribution in [-0.2, 0) is 22.4 Å². The molecule has 3 aliphatic rings. The molecule has 8 nitrogen and oxygen atoms in total. The van der Waals surface area contributed by atoms with Gasteiger partial charge in [0.1, 0.15) is 17.9 Å². The van der Waals surface area contributed by atoms with E-state index >= 15 is 0 Å². The number of nitrogens with zero attached hydrogens (tertiary/aromatic N) is 3. The first-order valence-electron chi connectivity index (χ1n) is 13.9. The SMILES string of the molecule is O=C(O)[C@H](CCN1CC[C@@H](CCc2ccc3c(n2)NCCC3)C1)NC(=O)[C@@H]1CCCN1c1ccccc1. The predicted octanol–water partition coefficient (Wildman–Crippen LogP) is 3.32. The van der Waals surface area contributed by atoms with Gasteiger partial charge in [-0.3, -0.25) is 4.79 Å². The number of nitrogens with one attached hydrogen (secondary N) is 2. The van der Waals surface area contributed by atoms with Crippen LogP contribution in [0.15, 0.2) is 42.5 Å². The maximum absolute atomic E-state index is 13.1. The molecule has 2 fully saturated rings. The Kier molecular flexibility index (Phi) is 8.24. The highest BCUT2D eigenvalue weighted by molar-refractivity contribution is 5.89. The summed E-state index contributed by atoms with van der Waals surface area (Å²) < 4.78 is 0. The van der Waals surface area contributed by atoms with E-state index in [0.29, 0.717) is 18.9 Å². The molecule has 0 aliphatic carbocycles. The molecule has 3 atom stereocenters. The summed E-state index contributed by atoms with van der Waals surface area (Å²) in [7, 11) is 0. The lowest BCUT2D eigenvalue weighted by Crippen LogP contribution is -2.50. The van der Waals surface area contributed by atoms with Gasteiger partial charge < -0.3 is 25.5 Å². The first-order valence-corrected chi connectivity index (χ1v) is 13.9. The van der Waals surface area contributed by atoms with Crippen molar-refractivity contribution in [2.75, 3.05) is 42.9 Å². The highest BCUT2D eigenvalue weighted by atomic mass is 16.4. The van der Waals surface area contributed by atoms with Gasteiger partial charge in [0.15, 0.2) is 0 Å². The van der Waals surface area contributed by atoms with Gasteiger partial charge in [-0.25, -0.2) is 9.78 Å². The number of hydrogen-bond donors (Lipinski definition) is 3. The standard InChI is InChI=1S/C29H39N5O3/c35-28(26-9-5-17-34(26)24-7-2-1-3-8-24)32-25(29(36)37)15-19-33-18-14-21(20-33)10-12-23-13-11-22-6-4-16-30-27(22)31-23/h1-3,7-8,11,13,21,25-26H,4-6,9-10,12,14-20H2,(H,30,31)(H,32,35)(H,36,37)/t21-,25+,26+/m1/s1. The summed E-state index contributed by atoms with van der Waals surface area (Å²) in [6, 6.07) is 13.1. The van der Waals surface area contributed by atoms with Crippen molar-refractivity contribution in [1.82, 2.24) is 15.2 Å². The van der Waals surface area contributed by atoms with Gasteiger partial charge >= 0.3 is 5.97 Å². The van der Waals surface area contributed by atoms with Crippen LogP contribution in [-0.4, -0.2) is 71.7 Å². The van der Waals surface area contributed by atoms with Gasteiger partial charge in [0.25, 0.3) is 0 Å².